The van der Waals surface area contributed by atoms with Crippen LogP contribution in [0.4, 0.5) is 13.2 Å². The molecule has 2 aromatic rings. The first kappa shape index (κ1) is 24.4. The first-order valence-corrected chi connectivity index (χ1v) is 9.65. The van der Waals surface area contributed by atoms with Gasteiger partial charge in [-0.2, -0.15) is 13.2 Å². The highest BCUT2D eigenvalue weighted by Gasteiger charge is 2.41. The minimum atomic E-state index is -4.19. The van der Waals surface area contributed by atoms with Gasteiger partial charge in [-0.25, -0.2) is 0 Å². The number of hydrogen-bond acceptors (Lipinski definition) is 3. The largest absolute Gasteiger partial charge is 0.403 e. The number of rotatable bonds is 4. The topological polar surface area (TPSA) is 43.8 Å². The Labute approximate surface area is 192 Å². The summed E-state index contributed by atoms with van der Waals surface area (Å²) in [6.45, 7) is 3.53. The SMILES string of the molecule is CN=C(NCc1cccc(-c2ccccn2)c1)N1CCN(C(C)C(F)(F)F)CC1.I. The Morgan fingerprint density at radius 3 is 2.47 bits per heavy atom. The molecule has 164 valence electrons. The minimum absolute atomic E-state index is 0. The van der Waals surface area contributed by atoms with Crippen LogP contribution < -0.4 is 5.32 Å². The van der Waals surface area contributed by atoms with Gasteiger partial charge in [-0.1, -0.05) is 24.3 Å². The zero-order valence-corrected chi connectivity index (χ0v) is 19.4. The van der Waals surface area contributed by atoms with Crippen LogP contribution in [-0.4, -0.2) is 66.2 Å². The number of aliphatic imine (C=N–C) groups is 1. The van der Waals surface area contributed by atoms with Gasteiger partial charge in [0.15, 0.2) is 5.96 Å². The molecule has 1 N–H and O–H groups in total. The molecule has 1 aromatic heterocycles. The molecule has 5 nitrogen and oxygen atoms in total. The molecule has 3 rings (SSSR count). The third-order valence-electron chi connectivity index (χ3n) is 5.19. The van der Waals surface area contributed by atoms with E-state index < -0.39 is 12.2 Å². The van der Waals surface area contributed by atoms with Crippen molar-refractivity contribution in [3.05, 3.63) is 54.2 Å². The maximum Gasteiger partial charge on any atom is 0.403 e. The molecule has 0 aliphatic carbocycles. The molecule has 1 saturated heterocycles. The molecule has 30 heavy (non-hydrogen) atoms. The second kappa shape index (κ2) is 10.9. The number of alkyl halides is 3. The Morgan fingerprint density at radius 1 is 1.13 bits per heavy atom. The summed E-state index contributed by atoms with van der Waals surface area (Å²) in [7, 11) is 1.69. The normalized spacial score (nSPS) is 16.7. The number of aromatic nitrogens is 1. The summed E-state index contributed by atoms with van der Waals surface area (Å²) >= 11 is 0. The van der Waals surface area contributed by atoms with Crippen LogP contribution in [0.2, 0.25) is 0 Å². The third-order valence-corrected chi connectivity index (χ3v) is 5.19. The maximum absolute atomic E-state index is 12.9. The predicted molar refractivity (Wildman–Crippen MR) is 124 cm³/mol. The smallest absolute Gasteiger partial charge is 0.352 e. The summed E-state index contributed by atoms with van der Waals surface area (Å²) in [4.78, 5) is 12.2. The van der Waals surface area contributed by atoms with Crippen LogP contribution >= 0.6 is 24.0 Å². The second-order valence-corrected chi connectivity index (χ2v) is 7.06. The van der Waals surface area contributed by atoms with Crippen molar-refractivity contribution in [3.8, 4) is 11.3 Å². The Bertz CT molecular complexity index is 821. The molecule has 1 aliphatic rings. The number of pyridine rings is 1. The zero-order valence-electron chi connectivity index (χ0n) is 17.1. The molecule has 1 atom stereocenters. The number of guanidine groups is 1. The molecule has 9 heteroatoms. The Hall–Kier alpha value is -1.88. The van der Waals surface area contributed by atoms with Gasteiger partial charge in [0.05, 0.1) is 5.69 Å². The van der Waals surface area contributed by atoms with E-state index in [0.29, 0.717) is 38.7 Å². The first-order chi connectivity index (χ1) is 13.9. The highest BCUT2D eigenvalue weighted by Crippen LogP contribution is 2.25. The minimum Gasteiger partial charge on any atom is -0.352 e. The van der Waals surface area contributed by atoms with Gasteiger partial charge >= 0.3 is 6.18 Å². The lowest BCUT2D eigenvalue weighted by molar-refractivity contribution is -0.181. The molecule has 1 aromatic carbocycles. The van der Waals surface area contributed by atoms with E-state index in [1.807, 2.05) is 41.3 Å². The molecule has 0 spiro atoms. The van der Waals surface area contributed by atoms with E-state index >= 15 is 0 Å². The van der Waals surface area contributed by atoms with Crippen molar-refractivity contribution in [2.75, 3.05) is 33.2 Å². The monoisotopic (exact) mass is 533 g/mol. The summed E-state index contributed by atoms with van der Waals surface area (Å²) in [6, 6.07) is 12.5. The number of hydrogen-bond donors (Lipinski definition) is 1. The fraction of sp³-hybridized carbons (Fsp3) is 0.429. The molecule has 0 radical (unpaired) electrons. The molecule has 1 fully saturated rings. The zero-order chi connectivity index (χ0) is 20.9. The van der Waals surface area contributed by atoms with E-state index in [9.17, 15) is 13.2 Å². The van der Waals surface area contributed by atoms with E-state index in [1.54, 1.807) is 13.2 Å². The lowest BCUT2D eigenvalue weighted by atomic mass is 10.1. The average Bonchev–Trinajstić information content (AvgIpc) is 2.74. The van der Waals surface area contributed by atoms with E-state index in [4.69, 9.17) is 0 Å². The molecule has 0 saturated carbocycles. The van der Waals surface area contributed by atoms with Crippen LogP contribution in [0.3, 0.4) is 0 Å². The highest BCUT2D eigenvalue weighted by atomic mass is 127. The molecule has 1 unspecified atom stereocenters. The van der Waals surface area contributed by atoms with Crippen molar-refractivity contribution >= 4 is 29.9 Å². The lowest BCUT2D eigenvalue weighted by Crippen LogP contribution is -2.56. The van der Waals surface area contributed by atoms with E-state index in [1.165, 1.54) is 11.8 Å². The molecule has 1 aliphatic heterocycles. The molecular weight excluding hydrogens is 506 g/mol. The van der Waals surface area contributed by atoms with Crippen LogP contribution in [0.25, 0.3) is 11.3 Å². The summed E-state index contributed by atoms with van der Waals surface area (Å²) in [6.07, 6.45) is -2.43. The summed E-state index contributed by atoms with van der Waals surface area (Å²) in [5.74, 6) is 0.701. The van der Waals surface area contributed by atoms with Crippen molar-refractivity contribution < 1.29 is 13.2 Å². The van der Waals surface area contributed by atoms with Crippen LogP contribution in [0.5, 0.6) is 0 Å². The average molecular weight is 533 g/mol. The van der Waals surface area contributed by atoms with Gasteiger partial charge in [-0.3, -0.25) is 14.9 Å². The number of piperazine rings is 1. The van der Waals surface area contributed by atoms with Crippen molar-refractivity contribution in [2.45, 2.75) is 25.7 Å². The van der Waals surface area contributed by atoms with Crippen LogP contribution in [0.15, 0.2) is 53.7 Å². The highest BCUT2D eigenvalue weighted by molar-refractivity contribution is 14.0. The van der Waals surface area contributed by atoms with E-state index in [-0.39, 0.29) is 24.0 Å². The molecular formula is C21H27F3IN5. The summed E-state index contributed by atoms with van der Waals surface area (Å²) in [5.41, 5.74) is 3.03. The van der Waals surface area contributed by atoms with Gasteiger partial charge in [0.25, 0.3) is 0 Å². The third kappa shape index (κ3) is 6.31. The second-order valence-electron chi connectivity index (χ2n) is 7.06. The van der Waals surface area contributed by atoms with E-state index in [2.05, 4.69) is 21.4 Å². The van der Waals surface area contributed by atoms with Crippen molar-refractivity contribution in [1.29, 1.82) is 0 Å². The Balaban J connectivity index is 0.00000320. The van der Waals surface area contributed by atoms with Crippen molar-refractivity contribution in [3.63, 3.8) is 0 Å². The van der Waals surface area contributed by atoms with Gasteiger partial charge in [-0.05, 0) is 30.7 Å². The number of nitrogens with zero attached hydrogens (tertiary/aromatic N) is 4. The fourth-order valence-electron chi connectivity index (χ4n) is 3.42. The molecule has 0 amide bonds. The van der Waals surface area contributed by atoms with Gasteiger partial charge in [0.2, 0.25) is 0 Å². The standard InChI is InChI=1S/C21H26F3N5.HI/c1-16(21(22,23)24)28-10-12-29(13-11-28)20(25-2)27-15-17-6-5-7-18(14-17)19-8-3-4-9-26-19;/h3-9,14,16H,10-13,15H2,1-2H3,(H,25,27);1H. The summed E-state index contributed by atoms with van der Waals surface area (Å²) < 4.78 is 38.8. The van der Waals surface area contributed by atoms with Gasteiger partial charge < -0.3 is 10.2 Å². The number of halogens is 4. The van der Waals surface area contributed by atoms with Gasteiger partial charge in [0, 0.05) is 51.5 Å². The predicted octanol–water partition coefficient (Wildman–Crippen LogP) is 4.01. The van der Waals surface area contributed by atoms with Crippen LogP contribution in [0, 0.1) is 0 Å². The number of benzene rings is 1. The molecule has 2 heterocycles. The quantitative estimate of drug-likeness (QED) is 0.367. The van der Waals surface area contributed by atoms with Crippen molar-refractivity contribution in [1.82, 2.24) is 20.1 Å². The van der Waals surface area contributed by atoms with E-state index in [0.717, 1.165) is 16.8 Å². The molecule has 0 bridgehead atoms. The van der Waals surface area contributed by atoms with Crippen molar-refractivity contribution in [2.24, 2.45) is 4.99 Å². The lowest BCUT2D eigenvalue weighted by Gasteiger charge is -2.39. The van der Waals surface area contributed by atoms with Crippen LogP contribution in [0.1, 0.15) is 12.5 Å². The Kier molecular flexibility index (Phi) is 8.90. The summed E-state index contributed by atoms with van der Waals surface area (Å²) in [5, 5.41) is 3.32. The Morgan fingerprint density at radius 2 is 1.87 bits per heavy atom. The van der Waals surface area contributed by atoms with Crippen LogP contribution in [-0.2, 0) is 6.54 Å². The maximum atomic E-state index is 12.9. The fourth-order valence-corrected chi connectivity index (χ4v) is 3.42. The number of nitrogens with one attached hydrogen (secondary N) is 1. The van der Waals surface area contributed by atoms with Gasteiger partial charge in [-0.15, -0.1) is 24.0 Å². The van der Waals surface area contributed by atoms with Gasteiger partial charge in [0.1, 0.15) is 6.04 Å². The first-order valence-electron chi connectivity index (χ1n) is 9.65.